The highest BCUT2D eigenvalue weighted by Gasteiger charge is 2.26. The third kappa shape index (κ3) is 5.09. The SMILES string of the molecule is CS(=O)(=O)N1CCN(c2ccccc2NC(=O)c2ccc(N3CCCC3)c([N+](=O)[O-])c2)CC1. The number of nitrogens with one attached hydrogen (secondary N) is 1. The fourth-order valence-corrected chi connectivity index (χ4v) is 5.17. The van der Waals surface area contributed by atoms with E-state index < -0.39 is 20.9 Å². The molecule has 0 aliphatic carbocycles. The molecule has 0 atom stereocenters. The van der Waals surface area contributed by atoms with E-state index in [1.54, 1.807) is 24.3 Å². The monoisotopic (exact) mass is 473 g/mol. The van der Waals surface area contributed by atoms with Gasteiger partial charge in [0.2, 0.25) is 10.0 Å². The van der Waals surface area contributed by atoms with Gasteiger partial charge in [0.15, 0.2) is 0 Å². The zero-order valence-corrected chi connectivity index (χ0v) is 19.3. The fraction of sp³-hybridized carbons (Fsp3) is 0.409. The summed E-state index contributed by atoms with van der Waals surface area (Å²) in [7, 11) is -3.24. The Kier molecular flexibility index (Phi) is 6.52. The first-order chi connectivity index (χ1) is 15.7. The van der Waals surface area contributed by atoms with Crippen LogP contribution in [0, 0.1) is 10.1 Å². The lowest BCUT2D eigenvalue weighted by Gasteiger charge is -2.35. The van der Waals surface area contributed by atoms with Crippen LogP contribution in [0.25, 0.3) is 0 Å². The van der Waals surface area contributed by atoms with Crippen molar-refractivity contribution in [3.8, 4) is 0 Å². The first kappa shape index (κ1) is 23.0. The van der Waals surface area contributed by atoms with E-state index in [0.717, 1.165) is 31.6 Å². The Hall–Kier alpha value is -3.18. The highest BCUT2D eigenvalue weighted by molar-refractivity contribution is 7.88. The second-order valence-corrected chi connectivity index (χ2v) is 10.3. The number of hydrogen-bond acceptors (Lipinski definition) is 7. The molecule has 2 aromatic carbocycles. The van der Waals surface area contributed by atoms with Crippen LogP contribution in [0.1, 0.15) is 23.2 Å². The van der Waals surface area contributed by atoms with Gasteiger partial charge in [-0.15, -0.1) is 0 Å². The van der Waals surface area contributed by atoms with Gasteiger partial charge < -0.3 is 15.1 Å². The number of hydrogen-bond donors (Lipinski definition) is 1. The molecule has 0 radical (unpaired) electrons. The molecule has 0 spiro atoms. The van der Waals surface area contributed by atoms with Crippen LogP contribution < -0.4 is 15.1 Å². The first-order valence-electron chi connectivity index (χ1n) is 10.9. The average Bonchev–Trinajstić information content (AvgIpc) is 3.33. The van der Waals surface area contributed by atoms with Crippen molar-refractivity contribution in [3.05, 3.63) is 58.1 Å². The lowest BCUT2D eigenvalue weighted by Crippen LogP contribution is -2.48. The van der Waals surface area contributed by atoms with Crippen molar-refractivity contribution in [1.82, 2.24) is 4.31 Å². The zero-order valence-electron chi connectivity index (χ0n) is 18.4. The van der Waals surface area contributed by atoms with Gasteiger partial charge in [0, 0.05) is 50.9 Å². The summed E-state index contributed by atoms with van der Waals surface area (Å²) in [6, 6.07) is 11.9. The van der Waals surface area contributed by atoms with Crippen molar-refractivity contribution in [3.63, 3.8) is 0 Å². The van der Waals surface area contributed by atoms with E-state index in [9.17, 15) is 23.3 Å². The van der Waals surface area contributed by atoms with E-state index in [4.69, 9.17) is 0 Å². The van der Waals surface area contributed by atoms with Crippen molar-refractivity contribution in [1.29, 1.82) is 0 Å². The summed E-state index contributed by atoms with van der Waals surface area (Å²) in [5.74, 6) is -0.437. The second kappa shape index (κ2) is 9.36. The Labute approximate surface area is 193 Å². The molecule has 11 heteroatoms. The van der Waals surface area contributed by atoms with E-state index in [0.29, 0.717) is 37.6 Å². The minimum Gasteiger partial charge on any atom is -0.367 e. The maximum atomic E-state index is 13.0. The van der Waals surface area contributed by atoms with Crippen LogP contribution >= 0.6 is 0 Å². The van der Waals surface area contributed by atoms with Crippen LogP contribution in [0.5, 0.6) is 0 Å². The predicted molar refractivity (Wildman–Crippen MR) is 128 cm³/mol. The van der Waals surface area contributed by atoms with Crippen LogP contribution in [0.3, 0.4) is 0 Å². The summed E-state index contributed by atoms with van der Waals surface area (Å²) in [6.07, 6.45) is 3.19. The fourth-order valence-electron chi connectivity index (χ4n) is 4.35. The third-order valence-corrected chi connectivity index (χ3v) is 7.38. The zero-order chi connectivity index (χ0) is 23.6. The normalized spacial score (nSPS) is 17.2. The Balaban J connectivity index is 1.53. The number of benzene rings is 2. The number of sulfonamides is 1. The summed E-state index contributed by atoms with van der Waals surface area (Å²) in [5.41, 5.74) is 2.03. The van der Waals surface area contributed by atoms with Crippen molar-refractivity contribution >= 4 is 38.7 Å². The standard InChI is InChI=1S/C22H27N5O5S/c1-33(31,32)26-14-12-25(13-15-26)19-7-3-2-6-18(19)23-22(28)17-8-9-20(21(16-17)27(29)30)24-10-4-5-11-24/h2-3,6-9,16H,4-5,10-15H2,1H3,(H,23,28). The molecule has 0 saturated carbocycles. The minimum absolute atomic E-state index is 0.0743. The third-order valence-electron chi connectivity index (χ3n) is 6.08. The van der Waals surface area contributed by atoms with Gasteiger partial charge in [0.25, 0.3) is 11.6 Å². The van der Waals surface area contributed by atoms with Crippen LogP contribution in [-0.4, -0.2) is 69.1 Å². The molecule has 33 heavy (non-hydrogen) atoms. The number of piperazine rings is 1. The molecule has 0 bridgehead atoms. The van der Waals surface area contributed by atoms with Gasteiger partial charge in [0.1, 0.15) is 5.69 Å². The average molecular weight is 474 g/mol. The number of rotatable bonds is 6. The van der Waals surface area contributed by atoms with E-state index >= 15 is 0 Å². The highest BCUT2D eigenvalue weighted by atomic mass is 32.2. The number of nitrogens with zero attached hydrogens (tertiary/aromatic N) is 4. The molecule has 2 aromatic rings. The minimum atomic E-state index is -3.24. The van der Waals surface area contributed by atoms with Crippen LogP contribution in [0.4, 0.5) is 22.7 Å². The molecule has 10 nitrogen and oxygen atoms in total. The Morgan fingerprint density at radius 2 is 1.58 bits per heavy atom. The van der Waals surface area contributed by atoms with Crippen LogP contribution in [0.2, 0.25) is 0 Å². The number of nitro benzene ring substituents is 1. The molecule has 2 saturated heterocycles. The molecule has 2 aliphatic heterocycles. The van der Waals surface area contributed by atoms with Gasteiger partial charge in [-0.2, -0.15) is 4.31 Å². The molecule has 176 valence electrons. The molecule has 1 amide bonds. The molecule has 2 heterocycles. The van der Waals surface area contributed by atoms with Crippen molar-refractivity contribution < 1.29 is 18.1 Å². The molecule has 0 aromatic heterocycles. The summed E-state index contributed by atoms with van der Waals surface area (Å²) in [4.78, 5) is 28.2. The molecule has 4 rings (SSSR count). The van der Waals surface area contributed by atoms with E-state index in [-0.39, 0.29) is 11.3 Å². The van der Waals surface area contributed by atoms with Crippen LogP contribution in [-0.2, 0) is 10.0 Å². The first-order valence-corrected chi connectivity index (χ1v) is 12.7. The number of amides is 1. The Morgan fingerprint density at radius 3 is 2.21 bits per heavy atom. The van der Waals surface area contributed by atoms with Gasteiger partial charge in [-0.3, -0.25) is 14.9 Å². The molecular weight excluding hydrogens is 446 g/mol. The van der Waals surface area contributed by atoms with E-state index in [1.807, 2.05) is 21.9 Å². The molecule has 2 fully saturated rings. The largest absolute Gasteiger partial charge is 0.367 e. The lowest BCUT2D eigenvalue weighted by molar-refractivity contribution is -0.384. The van der Waals surface area contributed by atoms with E-state index in [1.165, 1.54) is 16.6 Å². The van der Waals surface area contributed by atoms with Gasteiger partial charge in [-0.25, -0.2) is 8.42 Å². The smallest absolute Gasteiger partial charge is 0.293 e. The summed E-state index contributed by atoms with van der Waals surface area (Å²) < 4.78 is 25.0. The highest BCUT2D eigenvalue weighted by Crippen LogP contribution is 2.33. The number of para-hydroxylation sites is 2. The maximum Gasteiger partial charge on any atom is 0.293 e. The van der Waals surface area contributed by atoms with Crippen LogP contribution in [0.15, 0.2) is 42.5 Å². The molecule has 1 N–H and O–H groups in total. The van der Waals surface area contributed by atoms with Gasteiger partial charge in [0.05, 0.1) is 22.6 Å². The Bertz CT molecular complexity index is 1160. The van der Waals surface area contributed by atoms with Gasteiger partial charge in [-0.05, 0) is 37.1 Å². The predicted octanol–water partition coefficient (Wildman–Crippen LogP) is 2.53. The van der Waals surface area contributed by atoms with Gasteiger partial charge in [-0.1, -0.05) is 12.1 Å². The van der Waals surface area contributed by atoms with Crippen molar-refractivity contribution in [2.75, 3.05) is 60.6 Å². The van der Waals surface area contributed by atoms with E-state index in [2.05, 4.69) is 5.32 Å². The number of anilines is 3. The second-order valence-electron chi connectivity index (χ2n) is 8.28. The summed E-state index contributed by atoms with van der Waals surface area (Å²) in [6.45, 7) is 3.27. The Morgan fingerprint density at radius 1 is 0.939 bits per heavy atom. The quantitative estimate of drug-likeness (QED) is 0.506. The van der Waals surface area contributed by atoms with Gasteiger partial charge >= 0.3 is 0 Å². The maximum absolute atomic E-state index is 13.0. The summed E-state index contributed by atoms with van der Waals surface area (Å²) >= 11 is 0. The lowest BCUT2D eigenvalue weighted by atomic mass is 10.1. The topological polar surface area (TPSA) is 116 Å². The van der Waals surface area contributed by atoms with Crippen molar-refractivity contribution in [2.24, 2.45) is 0 Å². The number of carbonyl (C=O) groups excluding carboxylic acids is 1. The molecule has 2 aliphatic rings. The number of nitro groups is 1. The molecule has 0 unspecified atom stereocenters. The number of carbonyl (C=O) groups is 1. The van der Waals surface area contributed by atoms with Crippen molar-refractivity contribution in [2.45, 2.75) is 12.8 Å². The summed E-state index contributed by atoms with van der Waals surface area (Å²) in [5, 5.41) is 14.5. The molecular formula is C22H27N5O5S.